The summed E-state index contributed by atoms with van der Waals surface area (Å²) in [4.78, 5) is 18.8. The van der Waals surface area contributed by atoms with Gasteiger partial charge in [0.15, 0.2) is 17.5 Å². The normalized spacial score (nSPS) is 19.8. The Morgan fingerprint density at radius 2 is 1.93 bits per heavy atom. The molecule has 2 rings (SSSR count). The van der Waals surface area contributed by atoms with Crippen molar-refractivity contribution in [1.29, 1.82) is 0 Å². The number of nitrogens with one attached hydrogen (secondary N) is 1. The summed E-state index contributed by atoms with van der Waals surface area (Å²) >= 11 is 3.57. The summed E-state index contributed by atoms with van der Waals surface area (Å²) in [5.41, 5.74) is 0.986. The average molecular weight is 442 g/mol. The van der Waals surface area contributed by atoms with E-state index in [1.807, 2.05) is 19.1 Å². The van der Waals surface area contributed by atoms with Gasteiger partial charge in [-0.15, -0.1) is 0 Å². The second-order valence-corrected chi connectivity index (χ2v) is 7.34. The van der Waals surface area contributed by atoms with Crippen LogP contribution in [0.1, 0.15) is 19.4 Å². The number of likely N-dealkylation sites (tertiary alicyclic amines) is 1. The van der Waals surface area contributed by atoms with Crippen LogP contribution in [0.15, 0.2) is 21.6 Å². The molecule has 1 heterocycles. The van der Waals surface area contributed by atoms with E-state index in [4.69, 9.17) is 19.2 Å². The first-order chi connectivity index (χ1) is 12.9. The van der Waals surface area contributed by atoms with Crippen molar-refractivity contribution in [1.82, 2.24) is 10.2 Å². The predicted molar refractivity (Wildman–Crippen MR) is 108 cm³/mol. The number of aliphatic imine (C=N–C) groups is 1. The van der Waals surface area contributed by atoms with E-state index in [1.54, 1.807) is 14.2 Å². The number of halogens is 1. The standard InChI is InChI=1S/C19H28BrN3O4/c1-6-21-19(23-10-12(2)14(11-23)18(24)27-5)22-9-13-7-16(25-3)17(26-4)8-15(13)20/h7-8,12,14H,6,9-11H2,1-5H3,(H,21,22). The second-order valence-electron chi connectivity index (χ2n) is 6.48. The zero-order valence-electron chi connectivity index (χ0n) is 16.5. The van der Waals surface area contributed by atoms with Gasteiger partial charge in [0, 0.05) is 24.1 Å². The number of hydrogen-bond donors (Lipinski definition) is 1. The predicted octanol–water partition coefficient (Wildman–Crippen LogP) is 2.67. The van der Waals surface area contributed by atoms with E-state index in [0.29, 0.717) is 24.6 Å². The van der Waals surface area contributed by atoms with Gasteiger partial charge in [0.1, 0.15) is 0 Å². The monoisotopic (exact) mass is 441 g/mol. The number of esters is 1. The molecule has 7 nitrogen and oxygen atoms in total. The molecule has 1 aromatic carbocycles. The largest absolute Gasteiger partial charge is 0.493 e. The van der Waals surface area contributed by atoms with Gasteiger partial charge in [0.2, 0.25) is 0 Å². The van der Waals surface area contributed by atoms with E-state index in [2.05, 4.69) is 33.1 Å². The van der Waals surface area contributed by atoms with Crippen molar-refractivity contribution in [3.05, 3.63) is 22.2 Å². The summed E-state index contributed by atoms with van der Waals surface area (Å²) in [6.07, 6.45) is 0. The number of guanidine groups is 1. The molecule has 1 aliphatic rings. The molecule has 0 saturated carbocycles. The Kier molecular flexibility index (Phi) is 7.77. The van der Waals surface area contributed by atoms with E-state index in [0.717, 1.165) is 29.1 Å². The Morgan fingerprint density at radius 3 is 2.52 bits per heavy atom. The Morgan fingerprint density at radius 1 is 1.26 bits per heavy atom. The highest BCUT2D eigenvalue weighted by molar-refractivity contribution is 9.10. The zero-order chi connectivity index (χ0) is 20.0. The minimum atomic E-state index is -0.163. The van der Waals surface area contributed by atoms with Crippen LogP contribution in [0.25, 0.3) is 0 Å². The summed E-state index contributed by atoms with van der Waals surface area (Å²) in [5, 5.41) is 3.32. The van der Waals surface area contributed by atoms with E-state index < -0.39 is 0 Å². The average Bonchev–Trinajstić information content (AvgIpc) is 3.06. The number of hydrogen-bond acceptors (Lipinski definition) is 5. The third-order valence-electron chi connectivity index (χ3n) is 4.70. The van der Waals surface area contributed by atoms with Crippen LogP contribution in [0.2, 0.25) is 0 Å². The molecule has 1 saturated heterocycles. The summed E-state index contributed by atoms with van der Waals surface area (Å²) in [5.74, 6) is 2.04. The van der Waals surface area contributed by atoms with Crippen molar-refractivity contribution in [3.8, 4) is 11.5 Å². The third-order valence-corrected chi connectivity index (χ3v) is 5.44. The van der Waals surface area contributed by atoms with E-state index >= 15 is 0 Å². The van der Waals surface area contributed by atoms with Crippen LogP contribution in [-0.4, -0.2) is 57.8 Å². The Balaban J connectivity index is 2.20. The first-order valence-electron chi connectivity index (χ1n) is 8.96. The maximum Gasteiger partial charge on any atom is 0.310 e. The minimum absolute atomic E-state index is 0.133. The highest BCUT2D eigenvalue weighted by Gasteiger charge is 2.36. The van der Waals surface area contributed by atoms with Gasteiger partial charge in [-0.1, -0.05) is 22.9 Å². The number of nitrogens with zero attached hydrogens (tertiary/aromatic N) is 2. The Bertz CT molecular complexity index is 696. The fraction of sp³-hybridized carbons (Fsp3) is 0.579. The van der Waals surface area contributed by atoms with Crippen LogP contribution in [0.5, 0.6) is 11.5 Å². The molecule has 0 spiro atoms. The molecule has 2 atom stereocenters. The van der Waals surface area contributed by atoms with Gasteiger partial charge >= 0.3 is 5.97 Å². The van der Waals surface area contributed by atoms with E-state index in [1.165, 1.54) is 7.11 Å². The SMILES string of the molecule is CCNC(=NCc1cc(OC)c(OC)cc1Br)N1CC(C)C(C(=O)OC)C1. The first kappa shape index (κ1) is 21.3. The fourth-order valence-electron chi connectivity index (χ4n) is 3.20. The van der Waals surface area contributed by atoms with Gasteiger partial charge in [-0.05, 0) is 30.5 Å². The molecule has 0 amide bonds. The molecule has 2 unspecified atom stereocenters. The quantitative estimate of drug-likeness (QED) is 0.415. The van der Waals surface area contributed by atoms with Gasteiger partial charge < -0.3 is 24.4 Å². The lowest BCUT2D eigenvalue weighted by molar-refractivity contribution is -0.145. The molecule has 1 fully saturated rings. The third kappa shape index (κ3) is 5.06. The molecule has 0 bridgehead atoms. The number of ether oxygens (including phenoxy) is 3. The summed E-state index contributed by atoms with van der Waals surface area (Å²) in [7, 11) is 4.66. The number of benzene rings is 1. The van der Waals surface area contributed by atoms with Crippen LogP contribution in [0, 0.1) is 11.8 Å². The smallest absolute Gasteiger partial charge is 0.310 e. The van der Waals surface area contributed by atoms with Crippen LogP contribution < -0.4 is 14.8 Å². The summed E-state index contributed by atoms with van der Waals surface area (Å²) in [6.45, 7) is 6.68. The number of carbonyl (C=O) groups is 1. The maximum absolute atomic E-state index is 12.0. The summed E-state index contributed by atoms with van der Waals surface area (Å²) in [6, 6.07) is 3.79. The molecule has 0 aliphatic carbocycles. The van der Waals surface area contributed by atoms with Crippen LogP contribution >= 0.6 is 15.9 Å². The molecule has 0 radical (unpaired) electrons. The molecule has 150 valence electrons. The molecule has 8 heteroatoms. The molecule has 1 aliphatic heterocycles. The fourth-order valence-corrected chi connectivity index (χ4v) is 3.65. The highest BCUT2D eigenvalue weighted by Crippen LogP contribution is 2.33. The lowest BCUT2D eigenvalue weighted by atomic mass is 9.99. The molecule has 27 heavy (non-hydrogen) atoms. The molecule has 1 N–H and O–H groups in total. The van der Waals surface area contributed by atoms with Crippen molar-refractivity contribution < 1.29 is 19.0 Å². The molecular weight excluding hydrogens is 414 g/mol. The second kappa shape index (κ2) is 9.82. The highest BCUT2D eigenvalue weighted by atomic mass is 79.9. The van der Waals surface area contributed by atoms with Crippen LogP contribution in [0.4, 0.5) is 0 Å². The number of carbonyl (C=O) groups excluding carboxylic acids is 1. The molecule has 1 aromatic rings. The molecular formula is C19H28BrN3O4. The van der Waals surface area contributed by atoms with E-state index in [9.17, 15) is 4.79 Å². The number of methoxy groups -OCH3 is 3. The van der Waals surface area contributed by atoms with Crippen molar-refractivity contribution in [2.24, 2.45) is 16.8 Å². The molecule has 0 aromatic heterocycles. The lowest BCUT2D eigenvalue weighted by Crippen LogP contribution is -2.40. The van der Waals surface area contributed by atoms with Crippen molar-refractivity contribution in [3.63, 3.8) is 0 Å². The van der Waals surface area contributed by atoms with Crippen molar-refractivity contribution in [2.45, 2.75) is 20.4 Å². The number of rotatable bonds is 6. The van der Waals surface area contributed by atoms with Crippen LogP contribution in [-0.2, 0) is 16.1 Å². The lowest BCUT2D eigenvalue weighted by Gasteiger charge is -2.21. The van der Waals surface area contributed by atoms with Gasteiger partial charge in [-0.3, -0.25) is 4.79 Å². The topological polar surface area (TPSA) is 72.4 Å². The van der Waals surface area contributed by atoms with Gasteiger partial charge in [0.05, 0.1) is 33.8 Å². The first-order valence-corrected chi connectivity index (χ1v) is 9.75. The zero-order valence-corrected chi connectivity index (χ0v) is 18.1. The van der Waals surface area contributed by atoms with E-state index in [-0.39, 0.29) is 17.8 Å². The van der Waals surface area contributed by atoms with Crippen LogP contribution in [0.3, 0.4) is 0 Å². The van der Waals surface area contributed by atoms with Crippen molar-refractivity contribution >= 4 is 27.9 Å². The minimum Gasteiger partial charge on any atom is -0.493 e. The maximum atomic E-state index is 12.0. The van der Waals surface area contributed by atoms with Gasteiger partial charge in [-0.25, -0.2) is 4.99 Å². The van der Waals surface area contributed by atoms with Gasteiger partial charge in [-0.2, -0.15) is 0 Å². The van der Waals surface area contributed by atoms with Gasteiger partial charge in [0.25, 0.3) is 0 Å². The van der Waals surface area contributed by atoms with Crippen molar-refractivity contribution in [2.75, 3.05) is 41.0 Å². The summed E-state index contributed by atoms with van der Waals surface area (Å²) < 4.78 is 16.5. The Hall–Kier alpha value is -1.96. The Labute approximate surface area is 169 Å².